The first kappa shape index (κ1) is 21.1. The Morgan fingerprint density at radius 1 is 1.19 bits per heavy atom. The average molecular weight is 378 g/mol. The van der Waals surface area contributed by atoms with Crippen LogP contribution in [0.4, 0.5) is 0 Å². The smallest absolute Gasteiger partial charge is 0.323 e. The summed E-state index contributed by atoms with van der Waals surface area (Å²) in [6.07, 6.45) is 1.77. The fraction of sp³-hybridized carbons (Fsp3) is 0.667. The molecule has 0 aromatic heterocycles. The zero-order chi connectivity index (χ0) is 19.5. The molecule has 1 aliphatic rings. The van der Waals surface area contributed by atoms with Crippen molar-refractivity contribution in [3.8, 4) is 0 Å². The van der Waals surface area contributed by atoms with Crippen LogP contribution in [0.25, 0.3) is 0 Å². The van der Waals surface area contributed by atoms with E-state index in [1.54, 1.807) is 0 Å². The number of carbonyl (C=O) groups is 1. The number of nitrogens with zero attached hydrogens (tertiary/aromatic N) is 1. The van der Waals surface area contributed by atoms with E-state index in [0.717, 1.165) is 13.0 Å². The molecule has 0 aliphatic carbocycles. The highest BCUT2D eigenvalue weighted by atomic mass is 28.4. The highest BCUT2D eigenvalue weighted by Crippen LogP contribution is 2.39. The van der Waals surface area contributed by atoms with E-state index >= 15 is 0 Å². The lowest BCUT2D eigenvalue weighted by Gasteiger charge is -2.46. The van der Waals surface area contributed by atoms with E-state index < -0.39 is 8.32 Å². The first-order valence-electron chi connectivity index (χ1n) is 9.60. The molecule has 2 rings (SSSR count). The second-order valence-corrected chi connectivity index (χ2v) is 13.8. The lowest BCUT2D eigenvalue weighted by molar-refractivity contribution is -0.152. The zero-order valence-corrected chi connectivity index (χ0v) is 18.4. The number of hydrogen-bond acceptors (Lipinski definition) is 4. The van der Waals surface area contributed by atoms with Crippen LogP contribution in [0.15, 0.2) is 30.3 Å². The highest BCUT2D eigenvalue weighted by molar-refractivity contribution is 6.74. The molecule has 26 heavy (non-hydrogen) atoms. The van der Waals surface area contributed by atoms with E-state index in [1.165, 1.54) is 12.7 Å². The summed E-state index contributed by atoms with van der Waals surface area (Å²) in [6, 6.07) is 10.3. The predicted octanol–water partition coefficient (Wildman–Crippen LogP) is 4.60. The van der Waals surface area contributed by atoms with Gasteiger partial charge in [0.25, 0.3) is 0 Å². The SMILES string of the molecule is COC(=O)[C@@H]1C[C@@H](O[Si](C)(C)C(C)(C)C)C[C@@H](C)N1Cc1ccccc1. The van der Waals surface area contributed by atoms with Gasteiger partial charge in [-0.25, -0.2) is 0 Å². The van der Waals surface area contributed by atoms with Crippen LogP contribution in [-0.4, -0.2) is 44.5 Å². The fourth-order valence-corrected chi connectivity index (χ4v) is 4.80. The van der Waals surface area contributed by atoms with Crippen molar-refractivity contribution in [3.63, 3.8) is 0 Å². The molecule has 0 bridgehead atoms. The highest BCUT2D eigenvalue weighted by Gasteiger charge is 2.44. The molecule has 0 unspecified atom stereocenters. The molecule has 0 radical (unpaired) electrons. The quantitative estimate of drug-likeness (QED) is 0.555. The van der Waals surface area contributed by atoms with Crippen molar-refractivity contribution in [3.05, 3.63) is 35.9 Å². The first-order valence-corrected chi connectivity index (χ1v) is 12.5. The van der Waals surface area contributed by atoms with Gasteiger partial charge in [-0.1, -0.05) is 51.1 Å². The van der Waals surface area contributed by atoms with Gasteiger partial charge in [0.2, 0.25) is 0 Å². The fourth-order valence-electron chi connectivity index (χ4n) is 3.42. The summed E-state index contributed by atoms with van der Waals surface area (Å²) in [5.74, 6) is -0.156. The minimum absolute atomic E-state index is 0.113. The van der Waals surface area contributed by atoms with Crippen LogP contribution in [0.3, 0.4) is 0 Å². The minimum Gasteiger partial charge on any atom is -0.468 e. The summed E-state index contributed by atoms with van der Waals surface area (Å²) in [4.78, 5) is 14.8. The van der Waals surface area contributed by atoms with E-state index in [0.29, 0.717) is 6.42 Å². The second kappa shape index (κ2) is 8.24. The molecule has 1 heterocycles. The van der Waals surface area contributed by atoms with Gasteiger partial charge in [0, 0.05) is 18.7 Å². The minimum atomic E-state index is -1.86. The van der Waals surface area contributed by atoms with E-state index in [1.807, 2.05) is 18.2 Å². The Balaban J connectivity index is 2.17. The lowest BCUT2D eigenvalue weighted by atomic mass is 9.93. The van der Waals surface area contributed by atoms with Crippen LogP contribution in [0, 0.1) is 0 Å². The number of benzene rings is 1. The Labute approximate surface area is 160 Å². The summed E-state index contributed by atoms with van der Waals surface area (Å²) in [5, 5.41) is 0.165. The third-order valence-corrected chi connectivity index (χ3v) is 10.5. The molecular weight excluding hydrogens is 342 g/mol. The predicted molar refractivity (Wildman–Crippen MR) is 109 cm³/mol. The van der Waals surface area contributed by atoms with Gasteiger partial charge in [-0.3, -0.25) is 9.69 Å². The standard InChI is InChI=1S/C21H35NO3Si/c1-16-13-18(25-26(6,7)21(2,3)4)14-19(20(23)24-5)22(16)15-17-11-9-8-10-12-17/h8-12,16,18-19H,13-15H2,1-7H3/t16-,18+,19+/m1/s1. The third-order valence-electron chi connectivity index (χ3n) is 6.01. The van der Waals surface area contributed by atoms with E-state index in [2.05, 4.69) is 57.8 Å². The molecule has 146 valence electrons. The monoisotopic (exact) mass is 377 g/mol. The van der Waals surface area contributed by atoms with Gasteiger partial charge in [-0.05, 0) is 43.5 Å². The molecule has 1 fully saturated rings. The van der Waals surface area contributed by atoms with Crippen LogP contribution in [0.1, 0.15) is 46.1 Å². The summed E-state index contributed by atoms with van der Waals surface area (Å²) >= 11 is 0. The van der Waals surface area contributed by atoms with Crippen molar-refractivity contribution in [1.29, 1.82) is 0 Å². The van der Waals surface area contributed by atoms with Gasteiger partial charge in [-0.15, -0.1) is 0 Å². The van der Waals surface area contributed by atoms with Gasteiger partial charge in [0.15, 0.2) is 8.32 Å². The van der Waals surface area contributed by atoms with Gasteiger partial charge < -0.3 is 9.16 Å². The van der Waals surface area contributed by atoms with Crippen molar-refractivity contribution >= 4 is 14.3 Å². The van der Waals surface area contributed by atoms with Gasteiger partial charge in [0.05, 0.1) is 7.11 Å². The molecule has 1 saturated heterocycles. The number of hydrogen-bond donors (Lipinski definition) is 0. The van der Waals surface area contributed by atoms with Gasteiger partial charge in [-0.2, -0.15) is 0 Å². The number of carbonyl (C=O) groups excluding carboxylic acids is 1. The number of ether oxygens (including phenoxy) is 1. The molecule has 0 spiro atoms. The molecule has 1 aromatic carbocycles. The Morgan fingerprint density at radius 2 is 1.81 bits per heavy atom. The molecular formula is C21H35NO3Si. The molecule has 3 atom stereocenters. The molecule has 0 amide bonds. The molecule has 1 aromatic rings. The normalized spacial score (nSPS) is 25.1. The topological polar surface area (TPSA) is 38.8 Å². The Morgan fingerprint density at radius 3 is 2.35 bits per heavy atom. The average Bonchev–Trinajstić information content (AvgIpc) is 2.56. The van der Waals surface area contributed by atoms with Crippen LogP contribution >= 0.6 is 0 Å². The van der Waals surface area contributed by atoms with Crippen molar-refractivity contribution in [2.75, 3.05) is 7.11 Å². The van der Waals surface area contributed by atoms with E-state index in [9.17, 15) is 4.79 Å². The second-order valence-electron chi connectivity index (χ2n) is 9.02. The number of likely N-dealkylation sites (tertiary alicyclic amines) is 1. The van der Waals surface area contributed by atoms with Crippen molar-refractivity contribution in [1.82, 2.24) is 4.90 Å². The van der Waals surface area contributed by atoms with Crippen molar-refractivity contribution in [2.24, 2.45) is 0 Å². The largest absolute Gasteiger partial charge is 0.468 e. The summed E-state index contributed by atoms with van der Waals surface area (Å²) < 4.78 is 11.8. The summed E-state index contributed by atoms with van der Waals surface area (Å²) in [5.41, 5.74) is 1.22. The Bertz CT molecular complexity index is 597. The van der Waals surface area contributed by atoms with Crippen molar-refractivity contribution < 1.29 is 14.0 Å². The van der Waals surface area contributed by atoms with Crippen LogP contribution in [0.5, 0.6) is 0 Å². The molecule has 4 nitrogen and oxygen atoms in total. The summed E-state index contributed by atoms with van der Waals surface area (Å²) in [6.45, 7) is 14.3. The first-order chi connectivity index (χ1) is 12.0. The zero-order valence-electron chi connectivity index (χ0n) is 17.4. The van der Waals surface area contributed by atoms with Gasteiger partial charge in [0.1, 0.15) is 6.04 Å². The molecule has 0 N–H and O–H groups in total. The van der Waals surface area contributed by atoms with Crippen molar-refractivity contribution in [2.45, 2.75) is 83.4 Å². The maximum atomic E-state index is 12.5. The lowest BCUT2D eigenvalue weighted by Crippen LogP contribution is -2.55. The van der Waals surface area contributed by atoms with Crippen LogP contribution in [-0.2, 0) is 20.5 Å². The Kier molecular flexibility index (Phi) is 6.69. The maximum absolute atomic E-state index is 12.5. The van der Waals surface area contributed by atoms with E-state index in [4.69, 9.17) is 9.16 Å². The van der Waals surface area contributed by atoms with Gasteiger partial charge >= 0.3 is 5.97 Å². The number of piperidine rings is 1. The van der Waals surface area contributed by atoms with E-state index in [-0.39, 0.29) is 29.2 Å². The van der Waals surface area contributed by atoms with Crippen LogP contribution < -0.4 is 0 Å². The number of methoxy groups -OCH3 is 1. The van der Waals surface area contributed by atoms with Crippen LogP contribution in [0.2, 0.25) is 18.1 Å². The molecule has 5 heteroatoms. The number of rotatable bonds is 5. The summed E-state index contributed by atoms with van der Waals surface area (Å²) in [7, 11) is -0.385. The molecule has 0 saturated carbocycles. The maximum Gasteiger partial charge on any atom is 0.323 e. The Hall–Kier alpha value is -1.17. The molecule has 1 aliphatic heterocycles. The third kappa shape index (κ3) is 4.96. The number of esters is 1.